The van der Waals surface area contributed by atoms with E-state index in [0.717, 1.165) is 18.0 Å². The summed E-state index contributed by atoms with van der Waals surface area (Å²) in [5.41, 5.74) is -3.16. The number of H-pyrrole nitrogens is 1. The number of aromatic amines is 1. The number of alkyl halides is 6. The number of hydrogen-bond donors (Lipinski definition) is 2. The summed E-state index contributed by atoms with van der Waals surface area (Å²) in [4.78, 5) is 17.1. The molecule has 4 heterocycles. The molecular weight excluding hydrogens is 522 g/mol. The first-order valence-corrected chi connectivity index (χ1v) is 11.1. The van der Waals surface area contributed by atoms with Gasteiger partial charge in [0.15, 0.2) is 0 Å². The van der Waals surface area contributed by atoms with Crippen molar-refractivity contribution in [3.05, 3.63) is 63.0 Å². The van der Waals surface area contributed by atoms with Gasteiger partial charge in [-0.25, -0.2) is 10.1 Å². The predicted molar refractivity (Wildman–Crippen MR) is 120 cm³/mol. The number of nitrogens with one attached hydrogen (secondary N) is 2. The van der Waals surface area contributed by atoms with E-state index in [9.17, 15) is 36.4 Å². The van der Waals surface area contributed by atoms with Crippen LogP contribution in [0.3, 0.4) is 0 Å². The van der Waals surface area contributed by atoms with E-state index < -0.39 is 40.8 Å². The number of ether oxygens (including phenoxy) is 1. The lowest BCUT2D eigenvalue weighted by Crippen LogP contribution is -2.35. The maximum absolute atomic E-state index is 13.2. The van der Waals surface area contributed by atoms with Gasteiger partial charge in [-0.15, -0.1) is 0 Å². The molecule has 38 heavy (non-hydrogen) atoms. The molecule has 4 rings (SSSR count). The maximum Gasteiger partial charge on any atom is 0.423 e. The molecule has 202 valence electrons. The molecule has 0 saturated heterocycles. The second-order valence-corrected chi connectivity index (χ2v) is 8.52. The zero-order chi connectivity index (χ0) is 27.7. The molecule has 0 aliphatic carbocycles. The number of anilines is 2. The van der Waals surface area contributed by atoms with Crippen LogP contribution in [0.25, 0.3) is 0 Å². The molecule has 1 aliphatic rings. The van der Waals surface area contributed by atoms with Gasteiger partial charge in [0.05, 0.1) is 60.7 Å². The number of fused-ring (bicyclic) bond motifs is 1. The fraction of sp³-hybridized carbons (Fsp3) is 0.409. The summed E-state index contributed by atoms with van der Waals surface area (Å²) in [6.45, 7) is 2.58. The molecule has 0 saturated carbocycles. The van der Waals surface area contributed by atoms with Gasteiger partial charge in [0.25, 0.3) is 5.56 Å². The Morgan fingerprint density at radius 1 is 1.18 bits per heavy atom. The first kappa shape index (κ1) is 26.9. The van der Waals surface area contributed by atoms with Crippen molar-refractivity contribution in [1.29, 1.82) is 5.26 Å². The third-order valence-corrected chi connectivity index (χ3v) is 5.62. The van der Waals surface area contributed by atoms with Gasteiger partial charge in [-0.05, 0) is 19.1 Å². The molecule has 1 aliphatic heterocycles. The lowest BCUT2D eigenvalue weighted by Gasteiger charge is -2.29. The largest absolute Gasteiger partial charge is 0.423 e. The number of rotatable bonds is 7. The van der Waals surface area contributed by atoms with Crippen LogP contribution in [0.5, 0.6) is 0 Å². The summed E-state index contributed by atoms with van der Waals surface area (Å²) < 4.78 is 85.8. The minimum Gasteiger partial charge on any atom is -0.378 e. The van der Waals surface area contributed by atoms with Crippen LogP contribution in [0.2, 0.25) is 0 Å². The Morgan fingerprint density at radius 3 is 2.63 bits per heavy atom. The Labute approximate surface area is 210 Å². The van der Waals surface area contributed by atoms with E-state index in [4.69, 9.17) is 4.74 Å². The summed E-state index contributed by atoms with van der Waals surface area (Å²) in [5, 5.41) is 21.5. The molecule has 3 aromatic heterocycles. The number of pyridine rings is 1. The summed E-state index contributed by atoms with van der Waals surface area (Å²) in [7, 11) is 0. The third kappa shape index (κ3) is 5.88. The molecule has 0 radical (unpaired) electrons. The van der Waals surface area contributed by atoms with Crippen molar-refractivity contribution in [2.24, 2.45) is 0 Å². The maximum atomic E-state index is 13.2. The van der Waals surface area contributed by atoms with E-state index in [0.29, 0.717) is 25.0 Å². The van der Waals surface area contributed by atoms with Crippen molar-refractivity contribution in [3.63, 3.8) is 0 Å². The molecule has 1 atom stereocenters. The van der Waals surface area contributed by atoms with Crippen molar-refractivity contribution in [2.75, 3.05) is 23.4 Å². The van der Waals surface area contributed by atoms with E-state index in [2.05, 4.69) is 20.5 Å². The number of nitrogens with zero attached hydrogens (tertiary/aromatic N) is 6. The van der Waals surface area contributed by atoms with E-state index >= 15 is 0 Å². The third-order valence-electron chi connectivity index (χ3n) is 5.62. The Hall–Kier alpha value is -4.13. The van der Waals surface area contributed by atoms with Crippen molar-refractivity contribution < 1.29 is 31.1 Å². The normalized spacial score (nSPS) is 14.6. The molecule has 0 aromatic carbocycles. The molecule has 2 N–H and O–H groups in total. The number of nitriles is 1. The zero-order valence-electron chi connectivity index (χ0n) is 19.7. The highest BCUT2D eigenvalue weighted by atomic mass is 19.4. The van der Waals surface area contributed by atoms with Crippen LogP contribution in [0.15, 0.2) is 29.3 Å². The number of halogens is 6. The Balaban J connectivity index is 1.37. The summed E-state index contributed by atoms with van der Waals surface area (Å²) in [6, 6.07) is 3.65. The Bertz CT molecular complexity index is 1410. The van der Waals surface area contributed by atoms with Crippen LogP contribution in [0, 0.1) is 11.3 Å². The molecular formula is C22H20F6N8O2. The van der Waals surface area contributed by atoms with Crippen LogP contribution in [-0.2, 0) is 36.8 Å². The summed E-state index contributed by atoms with van der Waals surface area (Å²) in [5.74, 6) is 0.137. The highest BCUT2D eigenvalue weighted by Crippen LogP contribution is 2.33. The van der Waals surface area contributed by atoms with Gasteiger partial charge >= 0.3 is 12.4 Å². The van der Waals surface area contributed by atoms with Gasteiger partial charge in [-0.3, -0.25) is 9.48 Å². The topological polar surface area (TPSA) is 125 Å². The van der Waals surface area contributed by atoms with Gasteiger partial charge in [0.2, 0.25) is 0 Å². The van der Waals surface area contributed by atoms with E-state index in [-0.39, 0.29) is 31.1 Å². The van der Waals surface area contributed by atoms with Gasteiger partial charge in [-0.2, -0.15) is 41.8 Å². The lowest BCUT2D eigenvalue weighted by atomic mass is 10.1. The van der Waals surface area contributed by atoms with Crippen molar-refractivity contribution in [3.8, 4) is 6.07 Å². The monoisotopic (exact) mass is 542 g/mol. The fourth-order valence-corrected chi connectivity index (χ4v) is 3.96. The Kier molecular flexibility index (Phi) is 7.31. The van der Waals surface area contributed by atoms with Crippen LogP contribution in [-0.4, -0.2) is 44.2 Å². The first-order chi connectivity index (χ1) is 17.9. The summed E-state index contributed by atoms with van der Waals surface area (Å²) >= 11 is 0. The van der Waals surface area contributed by atoms with Gasteiger partial charge < -0.3 is 15.0 Å². The van der Waals surface area contributed by atoms with E-state index in [1.165, 1.54) is 0 Å². The minimum atomic E-state index is -4.87. The van der Waals surface area contributed by atoms with Crippen LogP contribution >= 0.6 is 0 Å². The van der Waals surface area contributed by atoms with E-state index in [1.807, 2.05) is 0 Å². The quantitative estimate of drug-likeness (QED) is 0.436. The molecule has 0 fully saturated rings. The average Bonchev–Trinajstić information content (AvgIpc) is 3.24. The molecule has 0 unspecified atom stereocenters. The summed E-state index contributed by atoms with van der Waals surface area (Å²) in [6.07, 6.45) is -7.92. The van der Waals surface area contributed by atoms with Crippen molar-refractivity contribution in [1.82, 2.24) is 25.0 Å². The van der Waals surface area contributed by atoms with E-state index in [1.54, 1.807) is 33.7 Å². The standard InChI is InChI=1S/C22H20F6N8O2/c1-12(32-17-8-31-33-20(37)18(17)22(26,27)28)10-38-11-15-5-16-9-35(2-3-36(16)34-15)19-13(6-29)4-14(7-30-19)21(23,24)25/h4-5,7-8,12H,2-3,9-11H2,1H3,(H2,32,33,37)/t12-/m0/s1. The van der Waals surface area contributed by atoms with Crippen LogP contribution in [0.1, 0.15) is 35.0 Å². The molecule has 10 nitrogen and oxygen atoms in total. The minimum absolute atomic E-state index is 0.0145. The first-order valence-electron chi connectivity index (χ1n) is 11.1. The second kappa shape index (κ2) is 10.3. The van der Waals surface area contributed by atoms with Gasteiger partial charge in [-0.1, -0.05) is 0 Å². The molecule has 0 amide bonds. The fourth-order valence-electron chi connectivity index (χ4n) is 3.96. The molecule has 16 heteroatoms. The van der Waals surface area contributed by atoms with Gasteiger partial charge in [0.1, 0.15) is 17.5 Å². The SMILES string of the molecule is C[C@@H](COCc1cc2n(n1)CCN(c1ncc(C(F)(F)F)cc1C#N)C2)Nc1cn[nH]c(=O)c1C(F)(F)F. The molecule has 3 aromatic rings. The predicted octanol–water partition coefficient (Wildman–Crippen LogP) is 3.31. The lowest BCUT2D eigenvalue weighted by molar-refractivity contribution is -0.138. The zero-order valence-corrected chi connectivity index (χ0v) is 19.7. The molecule has 0 spiro atoms. The second-order valence-electron chi connectivity index (χ2n) is 8.52. The smallest absolute Gasteiger partial charge is 0.378 e. The van der Waals surface area contributed by atoms with Crippen molar-refractivity contribution in [2.45, 2.75) is 45.0 Å². The highest BCUT2D eigenvalue weighted by molar-refractivity contribution is 5.55. The van der Waals surface area contributed by atoms with Crippen LogP contribution < -0.4 is 15.8 Å². The number of hydrogen-bond acceptors (Lipinski definition) is 8. The Morgan fingerprint density at radius 2 is 1.95 bits per heavy atom. The van der Waals surface area contributed by atoms with Crippen LogP contribution in [0.4, 0.5) is 37.8 Å². The molecule has 0 bridgehead atoms. The number of aromatic nitrogens is 5. The van der Waals surface area contributed by atoms with Gasteiger partial charge in [0, 0.05) is 18.8 Å². The highest BCUT2D eigenvalue weighted by Gasteiger charge is 2.37. The average molecular weight is 542 g/mol. The van der Waals surface area contributed by atoms with Crippen molar-refractivity contribution >= 4 is 11.5 Å².